The van der Waals surface area contributed by atoms with Crippen molar-refractivity contribution in [2.45, 2.75) is 32.6 Å². The third kappa shape index (κ3) is 4.66. The van der Waals surface area contributed by atoms with Crippen molar-refractivity contribution in [1.82, 2.24) is 0 Å². The molecule has 1 aliphatic rings. The molecular weight excluding hydrogens is 388 g/mol. The van der Waals surface area contributed by atoms with Crippen LogP contribution in [0.25, 0.3) is 6.08 Å². The molecule has 1 amide bonds. The zero-order chi connectivity index (χ0) is 20.8. The van der Waals surface area contributed by atoms with E-state index >= 15 is 0 Å². The van der Waals surface area contributed by atoms with Crippen molar-refractivity contribution in [3.05, 3.63) is 51.4 Å². The lowest BCUT2D eigenvalue weighted by Crippen LogP contribution is -2.16. The number of thiophene rings is 1. The van der Waals surface area contributed by atoms with E-state index in [-0.39, 0.29) is 5.57 Å². The summed E-state index contributed by atoms with van der Waals surface area (Å²) in [6, 6.07) is 9.06. The Morgan fingerprint density at radius 1 is 1.24 bits per heavy atom. The van der Waals surface area contributed by atoms with Crippen LogP contribution in [0.1, 0.15) is 46.1 Å². The topological polar surface area (TPSA) is 88.4 Å². The van der Waals surface area contributed by atoms with E-state index in [0.29, 0.717) is 22.7 Å². The summed E-state index contributed by atoms with van der Waals surface area (Å²) < 4.78 is 10.3. The van der Waals surface area contributed by atoms with Crippen molar-refractivity contribution in [1.29, 1.82) is 5.26 Å². The molecule has 1 aromatic heterocycles. The minimum absolute atomic E-state index is 0.0450. The smallest absolute Gasteiger partial charge is 0.341 e. The lowest BCUT2D eigenvalue weighted by Gasteiger charge is -2.11. The summed E-state index contributed by atoms with van der Waals surface area (Å²) >= 11 is 1.39. The lowest BCUT2D eigenvalue weighted by atomic mass is 9.95. The summed E-state index contributed by atoms with van der Waals surface area (Å²) in [5, 5.41) is 12.7. The maximum atomic E-state index is 12.7. The summed E-state index contributed by atoms with van der Waals surface area (Å²) in [5.41, 5.74) is 2.03. The van der Waals surface area contributed by atoms with Crippen molar-refractivity contribution in [2.75, 3.05) is 19.0 Å². The van der Waals surface area contributed by atoms with Crippen LogP contribution in [0.3, 0.4) is 0 Å². The predicted molar refractivity (Wildman–Crippen MR) is 112 cm³/mol. The van der Waals surface area contributed by atoms with Crippen molar-refractivity contribution in [3.8, 4) is 11.8 Å². The first-order valence-corrected chi connectivity index (χ1v) is 10.3. The number of nitrogens with one attached hydrogen (secondary N) is 1. The van der Waals surface area contributed by atoms with Crippen LogP contribution in [0.2, 0.25) is 0 Å². The number of methoxy groups -OCH3 is 1. The number of ether oxygens (including phenoxy) is 2. The van der Waals surface area contributed by atoms with Crippen molar-refractivity contribution in [2.24, 2.45) is 0 Å². The summed E-state index contributed by atoms with van der Waals surface area (Å²) in [6.45, 7) is 2.46. The van der Waals surface area contributed by atoms with Gasteiger partial charge < -0.3 is 14.8 Å². The summed E-state index contributed by atoms with van der Waals surface area (Å²) in [5.74, 6) is -0.293. The van der Waals surface area contributed by atoms with Gasteiger partial charge in [0.15, 0.2) is 0 Å². The minimum Gasteiger partial charge on any atom is -0.494 e. The number of anilines is 1. The molecule has 7 heteroatoms. The number of hydrogen-bond acceptors (Lipinski definition) is 6. The number of benzene rings is 1. The van der Waals surface area contributed by atoms with Crippen LogP contribution >= 0.6 is 11.3 Å². The Morgan fingerprint density at radius 2 is 1.97 bits per heavy atom. The van der Waals surface area contributed by atoms with Crippen LogP contribution in [-0.2, 0) is 22.4 Å². The monoisotopic (exact) mass is 410 g/mol. The molecular formula is C22H22N2O4S. The van der Waals surface area contributed by atoms with Gasteiger partial charge in [-0.3, -0.25) is 4.79 Å². The fourth-order valence-corrected chi connectivity index (χ4v) is 4.56. The predicted octanol–water partition coefficient (Wildman–Crippen LogP) is 4.36. The number of aryl methyl sites for hydroxylation is 1. The Bertz CT molecular complexity index is 983. The molecule has 2 aromatic rings. The van der Waals surface area contributed by atoms with Crippen LogP contribution in [0.15, 0.2) is 29.8 Å². The quantitative estimate of drug-likeness (QED) is 0.434. The molecule has 6 nitrogen and oxygen atoms in total. The molecule has 0 aliphatic heterocycles. The molecule has 0 bridgehead atoms. The number of nitriles is 1. The van der Waals surface area contributed by atoms with Gasteiger partial charge in [0.1, 0.15) is 22.4 Å². The Balaban J connectivity index is 1.85. The molecule has 150 valence electrons. The molecule has 1 heterocycles. The Hall–Kier alpha value is -3.11. The van der Waals surface area contributed by atoms with E-state index in [9.17, 15) is 14.9 Å². The SMILES string of the molecule is CCOc1ccc(/C=C(\C#N)C(=O)Nc2sc3c(c2C(=O)OC)CCCC3)cc1. The number of carbonyl (C=O) groups is 2. The second kappa shape index (κ2) is 9.39. The highest BCUT2D eigenvalue weighted by Gasteiger charge is 2.27. The normalized spacial score (nSPS) is 13.2. The molecule has 0 spiro atoms. The molecule has 0 fully saturated rings. The number of nitrogens with zero attached hydrogens (tertiary/aromatic N) is 1. The van der Waals surface area contributed by atoms with Crippen LogP contribution in [0, 0.1) is 11.3 Å². The van der Waals surface area contributed by atoms with Crippen LogP contribution < -0.4 is 10.1 Å². The molecule has 0 saturated carbocycles. The zero-order valence-electron chi connectivity index (χ0n) is 16.4. The van der Waals surface area contributed by atoms with Gasteiger partial charge in [0.2, 0.25) is 0 Å². The maximum Gasteiger partial charge on any atom is 0.341 e. The molecule has 3 rings (SSSR count). The zero-order valence-corrected chi connectivity index (χ0v) is 17.2. The minimum atomic E-state index is -0.551. The van der Waals surface area contributed by atoms with Crippen LogP contribution in [0.4, 0.5) is 5.00 Å². The molecule has 0 unspecified atom stereocenters. The van der Waals surface area contributed by atoms with Crippen LogP contribution in [-0.4, -0.2) is 25.6 Å². The van der Waals surface area contributed by atoms with Gasteiger partial charge in [0, 0.05) is 4.88 Å². The van der Waals surface area contributed by atoms with E-state index < -0.39 is 11.9 Å². The van der Waals surface area contributed by atoms with Gasteiger partial charge in [0.25, 0.3) is 5.91 Å². The third-order valence-corrected chi connectivity index (χ3v) is 5.86. The lowest BCUT2D eigenvalue weighted by molar-refractivity contribution is -0.112. The van der Waals surface area contributed by atoms with E-state index in [1.165, 1.54) is 24.5 Å². The fourth-order valence-electron chi connectivity index (χ4n) is 3.28. The van der Waals surface area contributed by atoms with Gasteiger partial charge in [-0.1, -0.05) is 12.1 Å². The molecule has 1 N–H and O–H groups in total. The molecule has 1 aromatic carbocycles. The standard InChI is InChI=1S/C22H22N2O4S/c1-3-28-16-10-8-14(9-11-16)12-15(13-23)20(25)24-21-19(22(26)27-2)17-6-4-5-7-18(17)29-21/h8-12H,3-7H2,1-2H3,(H,24,25)/b15-12+. The van der Waals surface area contributed by atoms with E-state index in [4.69, 9.17) is 9.47 Å². The fraction of sp³-hybridized carbons (Fsp3) is 0.318. The first-order valence-electron chi connectivity index (χ1n) is 9.46. The number of fused-ring (bicyclic) bond motifs is 1. The molecule has 0 radical (unpaired) electrons. The summed E-state index contributed by atoms with van der Waals surface area (Å²) in [7, 11) is 1.33. The third-order valence-electron chi connectivity index (χ3n) is 4.66. The first-order chi connectivity index (χ1) is 14.1. The van der Waals surface area contributed by atoms with Crippen molar-refractivity contribution < 1.29 is 19.1 Å². The highest BCUT2D eigenvalue weighted by molar-refractivity contribution is 7.17. The second-order valence-electron chi connectivity index (χ2n) is 6.53. The number of amides is 1. The van der Waals surface area contributed by atoms with E-state index in [0.717, 1.165) is 41.9 Å². The van der Waals surface area contributed by atoms with Crippen molar-refractivity contribution in [3.63, 3.8) is 0 Å². The number of carbonyl (C=O) groups excluding carboxylic acids is 2. The Labute approximate surface area is 173 Å². The average molecular weight is 410 g/mol. The molecule has 0 saturated heterocycles. The Kier molecular flexibility index (Phi) is 6.68. The summed E-state index contributed by atoms with van der Waals surface area (Å²) in [4.78, 5) is 26.1. The van der Waals surface area contributed by atoms with Crippen LogP contribution in [0.5, 0.6) is 5.75 Å². The highest BCUT2D eigenvalue weighted by atomic mass is 32.1. The van der Waals surface area contributed by atoms with Gasteiger partial charge in [-0.05, 0) is 61.9 Å². The first kappa shape index (κ1) is 20.6. The van der Waals surface area contributed by atoms with Gasteiger partial charge in [-0.25, -0.2) is 4.79 Å². The average Bonchev–Trinajstić information content (AvgIpc) is 3.10. The van der Waals surface area contributed by atoms with Crippen molar-refractivity contribution >= 4 is 34.3 Å². The molecule has 29 heavy (non-hydrogen) atoms. The van der Waals surface area contributed by atoms with Gasteiger partial charge in [-0.2, -0.15) is 5.26 Å². The van der Waals surface area contributed by atoms with Gasteiger partial charge in [0.05, 0.1) is 19.3 Å². The number of esters is 1. The van der Waals surface area contributed by atoms with Gasteiger partial charge in [-0.15, -0.1) is 11.3 Å². The highest BCUT2D eigenvalue weighted by Crippen LogP contribution is 2.38. The maximum absolute atomic E-state index is 12.7. The Morgan fingerprint density at radius 3 is 2.62 bits per heavy atom. The number of rotatable bonds is 6. The second-order valence-corrected chi connectivity index (χ2v) is 7.64. The summed E-state index contributed by atoms with van der Waals surface area (Å²) in [6.07, 6.45) is 5.24. The van der Waals surface area contributed by atoms with E-state index in [2.05, 4.69) is 5.32 Å². The van der Waals surface area contributed by atoms with Gasteiger partial charge >= 0.3 is 5.97 Å². The van der Waals surface area contributed by atoms with E-state index in [1.807, 2.05) is 13.0 Å². The van der Waals surface area contributed by atoms with E-state index in [1.54, 1.807) is 24.3 Å². The molecule has 1 aliphatic carbocycles. The molecule has 0 atom stereocenters. The largest absolute Gasteiger partial charge is 0.494 e. The number of hydrogen-bond donors (Lipinski definition) is 1.